The summed E-state index contributed by atoms with van der Waals surface area (Å²) in [6, 6.07) is 8.17. The minimum Gasteiger partial charge on any atom is -0.482 e. The van der Waals surface area contributed by atoms with E-state index in [4.69, 9.17) is 4.74 Å². The summed E-state index contributed by atoms with van der Waals surface area (Å²) in [4.78, 5) is 40.0. The first-order chi connectivity index (χ1) is 13.0. The largest absolute Gasteiger partial charge is 0.482 e. The van der Waals surface area contributed by atoms with Gasteiger partial charge in [0.05, 0.1) is 17.2 Å². The van der Waals surface area contributed by atoms with E-state index in [2.05, 4.69) is 0 Å². The van der Waals surface area contributed by atoms with E-state index in [-0.39, 0.29) is 42.4 Å². The highest BCUT2D eigenvalue weighted by atomic mass is 32.1. The lowest BCUT2D eigenvalue weighted by molar-refractivity contribution is -0.384. The second-order valence-electron chi connectivity index (χ2n) is 6.51. The molecule has 1 aliphatic carbocycles. The van der Waals surface area contributed by atoms with Crippen molar-refractivity contribution in [2.45, 2.75) is 25.4 Å². The number of rotatable bonds is 6. The molecule has 140 valence electrons. The SMILES string of the molecule is O=C1COc2ccc([N+](=O)[O-])cc2N1CC(=O)N(Cc1cccs1)C1CC1. The van der Waals surface area contributed by atoms with Crippen LogP contribution >= 0.6 is 11.3 Å². The van der Waals surface area contributed by atoms with Crippen LogP contribution in [0, 0.1) is 10.1 Å². The highest BCUT2D eigenvalue weighted by Crippen LogP contribution is 2.36. The van der Waals surface area contributed by atoms with Gasteiger partial charge in [-0.3, -0.25) is 24.6 Å². The smallest absolute Gasteiger partial charge is 0.271 e. The Morgan fingerprint density at radius 1 is 1.37 bits per heavy atom. The molecule has 1 aromatic carbocycles. The maximum absolute atomic E-state index is 13.0. The fraction of sp³-hybridized carbons (Fsp3) is 0.333. The third-order valence-corrected chi connectivity index (χ3v) is 5.47. The maximum Gasteiger partial charge on any atom is 0.271 e. The number of ether oxygens (including phenoxy) is 1. The lowest BCUT2D eigenvalue weighted by Crippen LogP contribution is -2.46. The third kappa shape index (κ3) is 3.63. The average molecular weight is 387 g/mol. The van der Waals surface area contributed by atoms with Crippen LogP contribution in [0.4, 0.5) is 11.4 Å². The molecule has 1 aromatic heterocycles. The molecule has 1 saturated carbocycles. The molecule has 9 heteroatoms. The van der Waals surface area contributed by atoms with Crippen LogP contribution in [0.1, 0.15) is 17.7 Å². The zero-order valence-corrected chi connectivity index (χ0v) is 15.2. The summed E-state index contributed by atoms with van der Waals surface area (Å²) in [6.45, 7) is 0.173. The van der Waals surface area contributed by atoms with Crippen molar-refractivity contribution in [2.24, 2.45) is 0 Å². The lowest BCUT2D eigenvalue weighted by Gasteiger charge is -2.31. The van der Waals surface area contributed by atoms with E-state index < -0.39 is 4.92 Å². The molecule has 0 radical (unpaired) electrons. The van der Waals surface area contributed by atoms with Gasteiger partial charge < -0.3 is 9.64 Å². The van der Waals surface area contributed by atoms with E-state index in [1.165, 1.54) is 23.1 Å². The minimum absolute atomic E-state index is 0.151. The zero-order chi connectivity index (χ0) is 19.0. The van der Waals surface area contributed by atoms with Crippen molar-refractivity contribution in [2.75, 3.05) is 18.1 Å². The standard InChI is InChI=1S/C18H17N3O5S/c22-17(19(12-3-4-12)9-14-2-1-7-27-14)10-20-15-8-13(21(24)25)5-6-16(15)26-11-18(20)23/h1-2,5-8,12H,3-4,9-11H2. The van der Waals surface area contributed by atoms with E-state index in [0.29, 0.717) is 12.3 Å². The Bertz CT molecular complexity index is 894. The molecule has 8 nitrogen and oxygen atoms in total. The summed E-state index contributed by atoms with van der Waals surface area (Å²) in [5.74, 6) is -0.189. The molecule has 0 saturated heterocycles. The van der Waals surface area contributed by atoms with Crippen molar-refractivity contribution in [1.29, 1.82) is 0 Å². The second-order valence-corrected chi connectivity index (χ2v) is 7.54. The molecule has 2 heterocycles. The van der Waals surface area contributed by atoms with Crippen molar-refractivity contribution in [3.05, 3.63) is 50.7 Å². The van der Waals surface area contributed by atoms with E-state index in [1.807, 2.05) is 17.5 Å². The Balaban J connectivity index is 1.57. The number of anilines is 1. The molecular formula is C18H17N3O5S. The van der Waals surface area contributed by atoms with Gasteiger partial charge in [-0.1, -0.05) is 6.07 Å². The molecule has 27 heavy (non-hydrogen) atoms. The second kappa shape index (κ2) is 6.99. The van der Waals surface area contributed by atoms with Crippen LogP contribution in [0.2, 0.25) is 0 Å². The average Bonchev–Trinajstić information content (AvgIpc) is 3.37. The number of carbonyl (C=O) groups is 2. The summed E-state index contributed by atoms with van der Waals surface area (Å²) in [5, 5.41) is 13.0. The topological polar surface area (TPSA) is 93.0 Å². The van der Waals surface area contributed by atoms with Crippen LogP contribution < -0.4 is 9.64 Å². The summed E-state index contributed by atoms with van der Waals surface area (Å²) in [7, 11) is 0. The normalized spacial score (nSPS) is 15.9. The van der Waals surface area contributed by atoms with Crippen molar-refractivity contribution < 1.29 is 19.2 Å². The number of nitrogens with zero attached hydrogens (tertiary/aromatic N) is 3. The number of amides is 2. The maximum atomic E-state index is 13.0. The van der Waals surface area contributed by atoms with Crippen LogP contribution in [0.5, 0.6) is 5.75 Å². The van der Waals surface area contributed by atoms with Gasteiger partial charge >= 0.3 is 0 Å². The molecule has 2 aliphatic rings. The number of fused-ring (bicyclic) bond motifs is 1. The zero-order valence-electron chi connectivity index (χ0n) is 14.4. The number of benzene rings is 1. The molecule has 0 bridgehead atoms. The summed E-state index contributed by atoms with van der Waals surface area (Å²) < 4.78 is 5.35. The van der Waals surface area contributed by atoms with Crippen LogP contribution in [-0.2, 0) is 16.1 Å². The number of hydrogen-bond donors (Lipinski definition) is 0. The molecule has 1 fully saturated rings. The molecule has 0 unspecified atom stereocenters. The van der Waals surface area contributed by atoms with Gasteiger partial charge in [-0.15, -0.1) is 11.3 Å². The monoisotopic (exact) mass is 387 g/mol. The van der Waals surface area contributed by atoms with Gasteiger partial charge in [0, 0.05) is 23.1 Å². The molecule has 4 rings (SSSR count). The number of thiophene rings is 1. The van der Waals surface area contributed by atoms with Gasteiger partial charge in [-0.05, 0) is 30.4 Å². The Hall–Kier alpha value is -2.94. The molecule has 2 aromatic rings. The molecule has 0 spiro atoms. The van der Waals surface area contributed by atoms with Crippen molar-refractivity contribution in [1.82, 2.24) is 4.90 Å². The Kier molecular flexibility index (Phi) is 4.53. The summed E-state index contributed by atoms with van der Waals surface area (Å²) in [6.07, 6.45) is 1.91. The molecule has 2 amide bonds. The highest BCUT2D eigenvalue weighted by Gasteiger charge is 2.36. The first-order valence-electron chi connectivity index (χ1n) is 8.56. The summed E-state index contributed by atoms with van der Waals surface area (Å²) >= 11 is 1.58. The van der Waals surface area contributed by atoms with Crippen LogP contribution in [-0.4, -0.2) is 40.8 Å². The Morgan fingerprint density at radius 3 is 2.85 bits per heavy atom. The first-order valence-corrected chi connectivity index (χ1v) is 9.44. The molecule has 1 aliphatic heterocycles. The summed E-state index contributed by atoms with van der Waals surface area (Å²) in [5.41, 5.74) is 0.114. The Labute approximate surface area is 159 Å². The number of nitro benzene ring substituents is 1. The molecule has 0 N–H and O–H groups in total. The van der Waals surface area contributed by atoms with Crippen molar-refractivity contribution in [3.63, 3.8) is 0 Å². The van der Waals surface area contributed by atoms with Gasteiger partial charge in [0.1, 0.15) is 12.3 Å². The number of carbonyl (C=O) groups excluding carboxylic acids is 2. The Morgan fingerprint density at radius 2 is 2.19 bits per heavy atom. The quantitative estimate of drug-likeness (QED) is 0.561. The van der Waals surface area contributed by atoms with Gasteiger partial charge in [-0.25, -0.2) is 0 Å². The van der Waals surface area contributed by atoms with Gasteiger partial charge in [0.2, 0.25) is 5.91 Å². The van der Waals surface area contributed by atoms with Gasteiger partial charge in [0.25, 0.3) is 11.6 Å². The fourth-order valence-corrected chi connectivity index (χ4v) is 3.78. The van der Waals surface area contributed by atoms with Crippen LogP contribution in [0.3, 0.4) is 0 Å². The highest BCUT2D eigenvalue weighted by molar-refractivity contribution is 7.09. The fourth-order valence-electron chi connectivity index (χ4n) is 3.08. The van der Waals surface area contributed by atoms with E-state index in [0.717, 1.165) is 17.7 Å². The molecule has 0 atom stereocenters. The van der Waals surface area contributed by atoms with Crippen molar-refractivity contribution >= 4 is 34.5 Å². The van der Waals surface area contributed by atoms with E-state index in [9.17, 15) is 19.7 Å². The van der Waals surface area contributed by atoms with E-state index in [1.54, 1.807) is 16.2 Å². The van der Waals surface area contributed by atoms with Gasteiger partial charge in [-0.2, -0.15) is 0 Å². The first kappa shape index (κ1) is 17.5. The third-order valence-electron chi connectivity index (χ3n) is 4.60. The molecular weight excluding hydrogens is 370 g/mol. The van der Waals surface area contributed by atoms with Crippen LogP contribution in [0.15, 0.2) is 35.7 Å². The number of non-ortho nitro benzene ring substituents is 1. The van der Waals surface area contributed by atoms with Crippen molar-refractivity contribution in [3.8, 4) is 5.75 Å². The number of hydrogen-bond acceptors (Lipinski definition) is 6. The van der Waals surface area contributed by atoms with Gasteiger partial charge in [0.15, 0.2) is 6.61 Å². The van der Waals surface area contributed by atoms with Crippen LogP contribution in [0.25, 0.3) is 0 Å². The lowest BCUT2D eigenvalue weighted by atomic mass is 10.2. The predicted octanol–water partition coefficient (Wildman–Crippen LogP) is 2.57. The predicted molar refractivity (Wildman–Crippen MR) is 98.8 cm³/mol. The van der Waals surface area contributed by atoms with E-state index >= 15 is 0 Å². The minimum atomic E-state index is -0.535. The number of nitro groups is 1.